The molecule has 4 aromatic rings. The number of nitrogens with zero attached hydrogens (tertiary/aromatic N) is 4. The van der Waals surface area contributed by atoms with Crippen LogP contribution in [0.3, 0.4) is 0 Å². The summed E-state index contributed by atoms with van der Waals surface area (Å²) in [6.07, 6.45) is 1.83. The summed E-state index contributed by atoms with van der Waals surface area (Å²) < 4.78 is 0. The molecule has 8 heteroatoms. The van der Waals surface area contributed by atoms with Crippen LogP contribution in [0.5, 0.6) is 0 Å². The lowest BCUT2D eigenvalue weighted by molar-refractivity contribution is 0.0244. The van der Waals surface area contributed by atoms with E-state index in [0.29, 0.717) is 39.1 Å². The number of aromatic amines is 1. The summed E-state index contributed by atoms with van der Waals surface area (Å²) >= 11 is 12.5. The molecule has 0 aliphatic heterocycles. The lowest BCUT2D eigenvalue weighted by Crippen LogP contribution is -2.33. The van der Waals surface area contributed by atoms with Crippen LogP contribution in [0.25, 0.3) is 10.9 Å². The van der Waals surface area contributed by atoms with Gasteiger partial charge in [-0.05, 0) is 43.3 Å². The largest absolute Gasteiger partial charge is 0.385 e. The van der Waals surface area contributed by atoms with Gasteiger partial charge in [0.1, 0.15) is 6.33 Å². The van der Waals surface area contributed by atoms with Crippen LogP contribution in [-0.2, 0) is 12.0 Å². The summed E-state index contributed by atoms with van der Waals surface area (Å²) in [4.78, 5) is 8.98. The van der Waals surface area contributed by atoms with Gasteiger partial charge in [0, 0.05) is 39.0 Å². The van der Waals surface area contributed by atoms with E-state index in [0.717, 1.165) is 10.9 Å². The van der Waals surface area contributed by atoms with E-state index >= 15 is 0 Å². The zero-order valence-corrected chi connectivity index (χ0v) is 17.5. The van der Waals surface area contributed by atoms with E-state index in [4.69, 9.17) is 33.4 Å². The van der Waals surface area contributed by atoms with Crippen molar-refractivity contribution in [1.29, 1.82) is 5.26 Å². The average molecular weight is 438 g/mol. The highest BCUT2D eigenvalue weighted by Gasteiger charge is 2.38. The number of pyridine rings is 1. The molecule has 4 rings (SSSR count). The van der Waals surface area contributed by atoms with Crippen molar-refractivity contribution in [3.8, 4) is 6.07 Å². The predicted octanol–water partition coefficient (Wildman–Crippen LogP) is 4.77. The highest BCUT2D eigenvalue weighted by molar-refractivity contribution is 6.35. The van der Waals surface area contributed by atoms with Gasteiger partial charge in [0.15, 0.2) is 5.82 Å². The highest BCUT2D eigenvalue weighted by Crippen LogP contribution is 2.42. The van der Waals surface area contributed by atoms with E-state index in [2.05, 4.69) is 21.3 Å². The number of rotatable bonds is 5. The third-order valence-electron chi connectivity index (χ3n) is 5.20. The third-order valence-corrected chi connectivity index (χ3v) is 5.75. The maximum Gasteiger partial charge on any atom is 0.151 e. The van der Waals surface area contributed by atoms with E-state index in [-0.39, 0.29) is 0 Å². The molecule has 2 heterocycles. The van der Waals surface area contributed by atoms with Crippen LogP contribution in [0.1, 0.15) is 35.5 Å². The summed E-state index contributed by atoms with van der Waals surface area (Å²) in [5.74, 6) is 0.0547. The summed E-state index contributed by atoms with van der Waals surface area (Å²) in [5.41, 5.74) is 1.11. The zero-order chi connectivity index (χ0) is 21.3. The van der Waals surface area contributed by atoms with Crippen molar-refractivity contribution in [2.24, 2.45) is 0 Å². The monoisotopic (exact) mass is 437 g/mol. The standard InChI is InChI=1S/C22H17Cl2N5O/c1-22(30,16-5-4-15(23)9-18(16)24)17(10-21-26-12-27-29-21)20-7-3-14-8-13(11-25)2-6-19(14)28-20/h2-9,12,17,30H,10H2,1H3,(H,26,27,29). The van der Waals surface area contributed by atoms with Crippen LogP contribution < -0.4 is 0 Å². The Hall–Kier alpha value is -2.98. The number of H-pyrrole nitrogens is 1. The summed E-state index contributed by atoms with van der Waals surface area (Å²) in [6, 6.07) is 16.2. The minimum Gasteiger partial charge on any atom is -0.385 e. The molecule has 0 aliphatic rings. The van der Waals surface area contributed by atoms with Gasteiger partial charge in [-0.15, -0.1) is 0 Å². The molecular weight excluding hydrogens is 421 g/mol. The number of aromatic nitrogens is 4. The molecule has 0 radical (unpaired) electrons. The van der Waals surface area contributed by atoms with E-state index in [9.17, 15) is 5.11 Å². The summed E-state index contributed by atoms with van der Waals surface area (Å²) in [5, 5.41) is 29.3. The SMILES string of the molecule is CC(O)(c1ccc(Cl)cc1Cl)C(Cc1nc[nH]n1)c1ccc2cc(C#N)ccc2n1. The Kier molecular flexibility index (Phi) is 5.44. The van der Waals surface area contributed by atoms with E-state index in [1.807, 2.05) is 12.1 Å². The Labute approximate surface area is 183 Å². The van der Waals surface area contributed by atoms with Gasteiger partial charge < -0.3 is 5.11 Å². The molecule has 0 bridgehead atoms. The first kappa shape index (κ1) is 20.3. The molecule has 2 N–H and O–H groups in total. The van der Waals surface area contributed by atoms with Crippen molar-refractivity contribution in [1.82, 2.24) is 20.2 Å². The Balaban J connectivity index is 1.83. The molecule has 0 spiro atoms. The molecule has 2 aromatic carbocycles. The molecule has 0 fully saturated rings. The number of hydrogen-bond donors (Lipinski definition) is 2. The quantitative estimate of drug-likeness (QED) is 0.468. The van der Waals surface area contributed by atoms with Crippen LogP contribution in [-0.4, -0.2) is 25.3 Å². The van der Waals surface area contributed by atoms with Crippen LogP contribution in [0, 0.1) is 11.3 Å². The number of benzene rings is 2. The zero-order valence-electron chi connectivity index (χ0n) is 16.0. The van der Waals surface area contributed by atoms with Crippen LogP contribution in [0.4, 0.5) is 0 Å². The molecule has 2 aromatic heterocycles. The molecular formula is C22H17Cl2N5O. The van der Waals surface area contributed by atoms with E-state index < -0.39 is 11.5 Å². The fourth-order valence-corrected chi connectivity index (χ4v) is 4.20. The molecule has 30 heavy (non-hydrogen) atoms. The van der Waals surface area contributed by atoms with Crippen molar-refractivity contribution >= 4 is 34.1 Å². The van der Waals surface area contributed by atoms with E-state index in [1.54, 1.807) is 43.3 Å². The Morgan fingerprint density at radius 3 is 2.70 bits per heavy atom. The number of nitriles is 1. The molecule has 150 valence electrons. The summed E-state index contributed by atoms with van der Waals surface area (Å²) in [6.45, 7) is 1.70. The Morgan fingerprint density at radius 2 is 2.00 bits per heavy atom. The summed E-state index contributed by atoms with van der Waals surface area (Å²) in [7, 11) is 0. The van der Waals surface area contributed by atoms with E-state index in [1.165, 1.54) is 6.33 Å². The van der Waals surface area contributed by atoms with Crippen LogP contribution in [0.2, 0.25) is 10.0 Å². The first-order valence-corrected chi connectivity index (χ1v) is 9.97. The molecule has 0 amide bonds. The van der Waals surface area contributed by atoms with Gasteiger partial charge in [0.05, 0.1) is 22.8 Å². The topological polar surface area (TPSA) is 98.5 Å². The predicted molar refractivity (Wildman–Crippen MR) is 115 cm³/mol. The van der Waals surface area contributed by atoms with Gasteiger partial charge in [0.2, 0.25) is 0 Å². The Morgan fingerprint density at radius 1 is 1.17 bits per heavy atom. The maximum absolute atomic E-state index is 11.6. The first-order chi connectivity index (χ1) is 14.4. The first-order valence-electron chi connectivity index (χ1n) is 9.22. The van der Waals surface area contributed by atoms with Crippen LogP contribution >= 0.6 is 23.2 Å². The number of aliphatic hydroxyl groups is 1. The van der Waals surface area contributed by atoms with Crippen LogP contribution in [0.15, 0.2) is 54.9 Å². The second-order valence-corrected chi connectivity index (χ2v) is 8.04. The van der Waals surface area contributed by atoms with Gasteiger partial charge in [-0.1, -0.05) is 35.3 Å². The number of nitrogens with one attached hydrogen (secondary N) is 1. The number of hydrogen-bond acceptors (Lipinski definition) is 5. The molecule has 0 saturated heterocycles. The van der Waals surface area contributed by atoms with Gasteiger partial charge >= 0.3 is 0 Å². The van der Waals surface area contributed by atoms with Gasteiger partial charge in [-0.2, -0.15) is 10.4 Å². The molecule has 2 unspecified atom stereocenters. The fourth-order valence-electron chi connectivity index (χ4n) is 3.60. The second-order valence-electron chi connectivity index (χ2n) is 7.20. The second kappa shape index (κ2) is 8.04. The average Bonchev–Trinajstić information content (AvgIpc) is 3.24. The lowest BCUT2D eigenvalue weighted by Gasteiger charge is -2.33. The van der Waals surface area contributed by atoms with Crippen molar-refractivity contribution in [3.05, 3.63) is 87.5 Å². The van der Waals surface area contributed by atoms with Crippen molar-refractivity contribution in [3.63, 3.8) is 0 Å². The minimum absolute atomic E-state index is 0.338. The lowest BCUT2D eigenvalue weighted by atomic mass is 9.78. The Bertz CT molecular complexity index is 1250. The van der Waals surface area contributed by atoms with Crippen molar-refractivity contribution in [2.75, 3.05) is 0 Å². The van der Waals surface area contributed by atoms with Crippen molar-refractivity contribution in [2.45, 2.75) is 24.9 Å². The molecule has 0 aliphatic carbocycles. The molecule has 0 saturated carbocycles. The third kappa shape index (κ3) is 3.88. The minimum atomic E-state index is -1.38. The highest BCUT2D eigenvalue weighted by atomic mass is 35.5. The number of fused-ring (bicyclic) bond motifs is 1. The van der Waals surface area contributed by atoms with Gasteiger partial charge in [0.25, 0.3) is 0 Å². The van der Waals surface area contributed by atoms with Gasteiger partial charge in [-0.25, -0.2) is 4.98 Å². The number of halogens is 2. The smallest absolute Gasteiger partial charge is 0.151 e. The van der Waals surface area contributed by atoms with Crippen molar-refractivity contribution < 1.29 is 5.11 Å². The maximum atomic E-state index is 11.6. The molecule has 2 atom stereocenters. The fraction of sp³-hybridized carbons (Fsp3) is 0.182. The van der Waals surface area contributed by atoms with Gasteiger partial charge in [-0.3, -0.25) is 10.1 Å². The normalized spacial score (nSPS) is 14.2. The molecule has 6 nitrogen and oxygen atoms in total.